The Morgan fingerprint density at radius 1 is 1.36 bits per heavy atom. The molecular weight excluding hydrogens is 448 g/mol. The van der Waals surface area contributed by atoms with Crippen LogP contribution in [0.3, 0.4) is 0 Å². The van der Waals surface area contributed by atoms with Crippen molar-refractivity contribution in [3.63, 3.8) is 0 Å². The lowest BCUT2D eigenvalue weighted by Crippen LogP contribution is -2.24. The van der Waals surface area contributed by atoms with Gasteiger partial charge in [0, 0.05) is 24.8 Å². The topological polar surface area (TPSA) is 158 Å². The zero-order chi connectivity index (χ0) is 24.0. The van der Waals surface area contributed by atoms with E-state index in [-0.39, 0.29) is 18.5 Å². The molecule has 1 saturated heterocycles. The van der Waals surface area contributed by atoms with Crippen LogP contribution >= 0.6 is 11.8 Å². The van der Waals surface area contributed by atoms with Crippen molar-refractivity contribution in [3.8, 4) is 0 Å². The van der Waals surface area contributed by atoms with E-state index in [1.807, 2.05) is 25.1 Å². The van der Waals surface area contributed by atoms with Crippen LogP contribution in [0.15, 0.2) is 29.6 Å². The normalized spacial score (nSPS) is 19.8. The lowest BCUT2D eigenvalue weighted by molar-refractivity contribution is -0.140. The molecule has 178 valence electrons. The molecule has 0 aromatic carbocycles. The van der Waals surface area contributed by atoms with Gasteiger partial charge in [-0.3, -0.25) is 14.3 Å². The number of aromatic nitrogens is 5. The zero-order valence-corrected chi connectivity index (χ0v) is 19.5. The predicted molar refractivity (Wildman–Crippen MR) is 122 cm³/mol. The van der Waals surface area contributed by atoms with Crippen LogP contribution < -0.4 is 5.73 Å². The van der Waals surface area contributed by atoms with Crippen LogP contribution in [0.5, 0.6) is 0 Å². The van der Waals surface area contributed by atoms with E-state index in [0.717, 1.165) is 11.4 Å². The third-order valence-corrected chi connectivity index (χ3v) is 5.75. The average Bonchev–Trinajstić information content (AvgIpc) is 3.35. The maximum absolute atomic E-state index is 9.98. The van der Waals surface area contributed by atoms with Gasteiger partial charge in [0.1, 0.15) is 22.9 Å². The number of carbonyl (C=O) groups excluding carboxylic acids is 1. The first kappa shape index (κ1) is 24.8. The van der Waals surface area contributed by atoms with Gasteiger partial charge in [-0.15, -0.1) is 0 Å². The molecular formula is C21H28N6O5S. The lowest BCUT2D eigenvalue weighted by atomic mass is 10.2. The van der Waals surface area contributed by atoms with Gasteiger partial charge >= 0.3 is 5.97 Å². The summed E-state index contributed by atoms with van der Waals surface area (Å²) in [7, 11) is 0. The van der Waals surface area contributed by atoms with Gasteiger partial charge in [0.2, 0.25) is 5.95 Å². The third kappa shape index (κ3) is 6.38. The Balaban J connectivity index is 0.000000454. The minimum Gasteiger partial charge on any atom is -0.466 e. The van der Waals surface area contributed by atoms with Gasteiger partial charge < -0.3 is 25.4 Å². The summed E-state index contributed by atoms with van der Waals surface area (Å²) >= 11 is 1.49. The molecule has 3 atom stereocenters. The summed E-state index contributed by atoms with van der Waals surface area (Å²) in [5.74, 6) is 0.560. The maximum atomic E-state index is 9.98. The first-order valence-corrected chi connectivity index (χ1v) is 11.4. The van der Waals surface area contributed by atoms with E-state index in [0.29, 0.717) is 35.0 Å². The Morgan fingerprint density at radius 2 is 2.15 bits per heavy atom. The number of aliphatic hydroxyl groups excluding tert-OH is 2. The Labute approximate surface area is 195 Å². The molecule has 3 aromatic heterocycles. The fourth-order valence-corrected chi connectivity index (χ4v) is 4.18. The fraction of sp³-hybridized carbons (Fsp3) is 0.476. The SMILES string of the molecule is CCOC(C)=O.Cc1cccc(CSc2nc(N)nc3c2ncn3C2CC(O)C(CO)O2)n1. The van der Waals surface area contributed by atoms with Crippen LogP contribution in [0, 0.1) is 6.92 Å². The molecule has 11 nitrogen and oxygen atoms in total. The largest absolute Gasteiger partial charge is 0.466 e. The maximum Gasteiger partial charge on any atom is 0.302 e. The van der Waals surface area contributed by atoms with Crippen LogP contribution in [0.25, 0.3) is 11.2 Å². The number of rotatable bonds is 6. The quantitative estimate of drug-likeness (QED) is 0.269. The molecule has 1 aliphatic heterocycles. The molecule has 0 saturated carbocycles. The van der Waals surface area contributed by atoms with Crippen molar-refractivity contribution < 1.29 is 24.5 Å². The van der Waals surface area contributed by atoms with Crippen molar-refractivity contribution in [2.45, 2.75) is 56.4 Å². The molecule has 0 bridgehead atoms. The number of anilines is 1. The zero-order valence-electron chi connectivity index (χ0n) is 18.7. The number of aliphatic hydroxyl groups is 2. The van der Waals surface area contributed by atoms with Gasteiger partial charge in [0.25, 0.3) is 0 Å². The van der Waals surface area contributed by atoms with Crippen molar-refractivity contribution in [1.82, 2.24) is 24.5 Å². The molecule has 0 radical (unpaired) electrons. The van der Waals surface area contributed by atoms with Gasteiger partial charge in [0.15, 0.2) is 5.65 Å². The third-order valence-electron chi connectivity index (χ3n) is 4.75. The van der Waals surface area contributed by atoms with Gasteiger partial charge in [0.05, 0.1) is 31.3 Å². The minimum absolute atomic E-state index is 0.140. The number of esters is 1. The molecule has 3 unspecified atom stereocenters. The highest BCUT2D eigenvalue weighted by molar-refractivity contribution is 7.98. The minimum atomic E-state index is -0.738. The average molecular weight is 477 g/mol. The standard InChI is InChI=1S/C17H20N6O3S.C4H8O2/c1-9-3-2-4-10(20-9)7-27-16-14-15(21-17(18)22-16)23(8-19-14)13-5-11(25)12(6-24)26-13;1-3-6-4(2)5/h2-4,8,11-13,24-25H,5-7H2,1H3,(H2,18,21,22);3H2,1-2H3. The summed E-state index contributed by atoms with van der Waals surface area (Å²) in [6.45, 7) is 5.36. The molecule has 4 N–H and O–H groups in total. The van der Waals surface area contributed by atoms with Crippen LogP contribution in [0.1, 0.15) is 37.9 Å². The molecule has 4 rings (SSSR count). The van der Waals surface area contributed by atoms with Gasteiger partial charge in [-0.1, -0.05) is 17.8 Å². The van der Waals surface area contributed by atoms with Crippen molar-refractivity contribution in [2.24, 2.45) is 0 Å². The summed E-state index contributed by atoms with van der Waals surface area (Å²) in [5.41, 5.74) is 8.96. The van der Waals surface area contributed by atoms with Crippen LogP contribution in [-0.2, 0) is 20.0 Å². The van der Waals surface area contributed by atoms with E-state index in [4.69, 9.17) is 10.5 Å². The molecule has 0 aliphatic carbocycles. The van der Waals surface area contributed by atoms with E-state index in [1.165, 1.54) is 18.7 Å². The number of imidazole rings is 1. The second-order valence-corrected chi connectivity index (χ2v) is 8.27. The molecule has 1 aliphatic rings. The van der Waals surface area contributed by atoms with Gasteiger partial charge in [-0.25, -0.2) is 9.97 Å². The number of thioether (sulfide) groups is 1. The number of aryl methyl sites for hydroxylation is 1. The highest BCUT2D eigenvalue weighted by Crippen LogP contribution is 2.33. The number of nitrogens with two attached hydrogens (primary N) is 1. The molecule has 33 heavy (non-hydrogen) atoms. The number of pyridine rings is 1. The summed E-state index contributed by atoms with van der Waals surface area (Å²) in [6, 6.07) is 5.88. The number of hydrogen-bond donors (Lipinski definition) is 3. The van der Waals surface area contributed by atoms with Crippen molar-refractivity contribution >= 4 is 34.8 Å². The summed E-state index contributed by atoms with van der Waals surface area (Å²) in [6.07, 6.45) is 0.125. The van der Waals surface area contributed by atoms with E-state index >= 15 is 0 Å². The molecule has 0 amide bonds. The summed E-state index contributed by atoms with van der Waals surface area (Å²) in [5, 5.41) is 19.9. The van der Waals surface area contributed by atoms with Crippen molar-refractivity contribution in [1.29, 1.82) is 0 Å². The van der Waals surface area contributed by atoms with Gasteiger partial charge in [-0.05, 0) is 26.0 Å². The van der Waals surface area contributed by atoms with E-state index in [9.17, 15) is 15.0 Å². The van der Waals surface area contributed by atoms with Gasteiger partial charge in [-0.2, -0.15) is 4.98 Å². The Morgan fingerprint density at radius 3 is 2.76 bits per heavy atom. The second kappa shape index (κ2) is 11.4. The number of carbonyl (C=O) groups is 1. The van der Waals surface area contributed by atoms with Crippen LogP contribution in [0.4, 0.5) is 5.95 Å². The van der Waals surface area contributed by atoms with Crippen LogP contribution in [-0.4, -0.2) is 66.1 Å². The fourth-order valence-electron chi connectivity index (χ4n) is 3.29. The number of hydrogen-bond acceptors (Lipinski definition) is 11. The number of fused-ring (bicyclic) bond motifs is 1. The predicted octanol–water partition coefficient (Wildman–Crippen LogP) is 1.61. The Kier molecular flexibility index (Phi) is 8.55. The Bertz CT molecular complexity index is 1090. The number of ether oxygens (including phenoxy) is 2. The van der Waals surface area contributed by atoms with E-state index in [2.05, 4.69) is 24.7 Å². The monoisotopic (exact) mass is 476 g/mol. The number of nitrogen functional groups attached to an aromatic ring is 1. The first-order chi connectivity index (χ1) is 15.8. The molecule has 12 heteroatoms. The Hall–Kier alpha value is -2.80. The first-order valence-electron chi connectivity index (χ1n) is 10.5. The summed E-state index contributed by atoms with van der Waals surface area (Å²) in [4.78, 5) is 27.4. The van der Waals surface area contributed by atoms with E-state index < -0.39 is 18.4 Å². The lowest BCUT2D eigenvalue weighted by Gasteiger charge is -2.13. The smallest absolute Gasteiger partial charge is 0.302 e. The van der Waals surface area contributed by atoms with Crippen molar-refractivity contribution in [3.05, 3.63) is 35.9 Å². The van der Waals surface area contributed by atoms with Crippen LogP contribution in [0.2, 0.25) is 0 Å². The molecule has 3 aromatic rings. The highest BCUT2D eigenvalue weighted by Gasteiger charge is 2.35. The summed E-state index contributed by atoms with van der Waals surface area (Å²) < 4.78 is 11.8. The van der Waals surface area contributed by atoms with Crippen molar-refractivity contribution in [2.75, 3.05) is 18.9 Å². The number of nitrogens with zero attached hydrogens (tertiary/aromatic N) is 5. The molecule has 0 spiro atoms. The molecule has 4 heterocycles. The van der Waals surface area contributed by atoms with E-state index in [1.54, 1.807) is 17.8 Å². The second-order valence-electron chi connectivity index (χ2n) is 7.31. The highest BCUT2D eigenvalue weighted by atomic mass is 32.2. The molecule has 1 fully saturated rings.